The van der Waals surface area contributed by atoms with Gasteiger partial charge in [-0.2, -0.15) is 10.2 Å². The normalized spacial score (nSPS) is 19.0. The molecule has 4 heterocycles. The van der Waals surface area contributed by atoms with Crippen LogP contribution in [-0.4, -0.2) is 43.5 Å². The Bertz CT molecular complexity index is 1000. The summed E-state index contributed by atoms with van der Waals surface area (Å²) in [5.74, 6) is 0.373. The topological polar surface area (TPSA) is 56.0 Å². The molecule has 1 unspecified atom stereocenters. The Balaban J connectivity index is 1.35. The minimum absolute atomic E-state index is 0.0781. The van der Waals surface area contributed by atoms with Gasteiger partial charge in [-0.05, 0) is 18.9 Å². The van der Waals surface area contributed by atoms with Gasteiger partial charge in [0.15, 0.2) is 0 Å². The summed E-state index contributed by atoms with van der Waals surface area (Å²) in [6.45, 7) is 2.37. The van der Waals surface area contributed by atoms with E-state index in [1.54, 1.807) is 0 Å². The molecule has 0 spiro atoms. The van der Waals surface area contributed by atoms with E-state index in [0.717, 1.165) is 51.0 Å². The van der Waals surface area contributed by atoms with Crippen molar-refractivity contribution < 1.29 is 4.79 Å². The molecule has 0 saturated carbocycles. The van der Waals surface area contributed by atoms with Gasteiger partial charge in [0, 0.05) is 68.5 Å². The number of benzene rings is 1. The van der Waals surface area contributed by atoms with E-state index in [-0.39, 0.29) is 5.92 Å². The summed E-state index contributed by atoms with van der Waals surface area (Å²) >= 11 is 0. The van der Waals surface area contributed by atoms with Gasteiger partial charge in [0.2, 0.25) is 5.91 Å². The predicted molar refractivity (Wildman–Crippen MR) is 107 cm³/mol. The minimum Gasteiger partial charge on any atom is -0.342 e. The van der Waals surface area contributed by atoms with Gasteiger partial charge in [-0.3, -0.25) is 14.2 Å². The van der Waals surface area contributed by atoms with Crippen LogP contribution in [0.2, 0.25) is 0 Å². The Labute approximate surface area is 164 Å². The van der Waals surface area contributed by atoms with E-state index < -0.39 is 0 Å². The average molecular weight is 375 g/mol. The Morgan fingerprint density at radius 3 is 2.75 bits per heavy atom. The summed E-state index contributed by atoms with van der Waals surface area (Å²) in [6.07, 6.45) is 5.21. The molecule has 28 heavy (non-hydrogen) atoms. The number of nitrogens with zero attached hydrogens (tertiary/aromatic N) is 5. The smallest absolute Gasteiger partial charge is 0.226 e. The van der Waals surface area contributed by atoms with Gasteiger partial charge in [0.25, 0.3) is 0 Å². The van der Waals surface area contributed by atoms with Crippen molar-refractivity contribution in [1.29, 1.82) is 0 Å². The molecule has 6 nitrogen and oxygen atoms in total. The molecule has 0 radical (unpaired) electrons. The molecule has 1 amide bonds. The maximum atomic E-state index is 13.2. The average Bonchev–Trinajstić information content (AvgIpc) is 3.25. The third-order valence-corrected chi connectivity index (χ3v) is 6.14. The van der Waals surface area contributed by atoms with Gasteiger partial charge in [0.1, 0.15) is 0 Å². The third kappa shape index (κ3) is 2.93. The number of carbonyl (C=O) groups is 1. The second-order valence-electron chi connectivity index (χ2n) is 7.82. The highest BCUT2D eigenvalue weighted by molar-refractivity contribution is 5.79. The van der Waals surface area contributed by atoms with Crippen LogP contribution >= 0.6 is 0 Å². The first-order valence-electron chi connectivity index (χ1n) is 10.1. The van der Waals surface area contributed by atoms with Gasteiger partial charge in [-0.15, -0.1) is 0 Å². The Kier molecular flexibility index (Phi) is 4.26. The number of hydrogen-bond acceptors (Lipinski definition) is 3. The van der Waals surface area contributed by atoms with Crippen LogP contribution < -0.4 is 0 Å². The van der Waals surface area contributed by atoms with Crippen molar-refractivity contribution in [2.24, 2.45) is 13.0 Å². The zero-order chi connectivity index (χ0) is 19.1. The van der Waals surface area contributed by atoms with Crippen molar-refractivity contribution >= 4 is 5.91 Å². The fourth-order valence-corrected chi connectivity index (χ4v) is 4.70. The molecule has 5 rings (SSSR count). The molecule has 0 saturated heterocycles. The molecule has 3 aromatic rings. The van der Waals surface area contributed by atoms with Crippen molar-refractivity contribution in [1.82, 2.24) is 24.5 Å². The zero-order valence-electron chi connectivity index (χ0n) is 16.2. The number of aromatic nitrogens is 4. The molecule has 0 fully saturated rings. The number of rotatable bonds is 2. The Hall–Kier alpha value is -2.89. The van der Waals surface area contributed by atoms with Gasteiger partial charge in [-0.1, -0.05) is 30.3 Å². The number of amides is 1. The number of hydrogen-bond donors (Lipinski definition) is 0. The van der Waals surface area contributed by atoms with Crippen molar-refractivity contribution in [3.05, 3.63) is 59.5 Å². The van der Waals surface area contributed by atoms with E-state index in [1.165, 1.54) is 22.5 Å². The summed E-state index contributed by atoms with van der Waals surface area (Å²) in [5, 5.41) is 9.11. The van der Waals surface area contributed by atoms with Crippen LogP contribution in [0.4, 0.5) is 0 Å². The lowest BCUT2D eigenvalue weighted by atomic mass is 9.94. The van der Waals surface area contributed by atoms with Crippen LogP contribution in [0.25, 0.3) is 11.3 Å². The number of carbonyl (C=O) groups excluding carboxylic acids is 1. The number of fused-ring (bicyclic) bond motifs is 2. The van der Waals surface area contributed by atoms with Crippen LogP contribution in [-0.2, 0) is 37.6 Å². The van der Waals surface area contributed by atoms with Crippen LogP contribution in [0, 0.1) is 5.92 Å². The molecular weight excluding hydrogens is 350 g/mol. The zero-order valence-corrected chi connectivity index (χ0v) is 16.2. The summed E-state index contributed by atoms with van der Waals surface area (Å²) in [4.78, 5) is 15.3. The highest BCUT2D eigenvalue weighted by Gasteiger charge is 2.31. The lowest BCUT2D eigenvalue weighted by molar-refractivity contribution is -0.136. The van der Waals surface area contributed by atoms with Crippen molar-refractivity contribution in [3.63, 3.8) is 0 Å². The largest absolute Gasteiger partial charge is 0.342 e. The van der Waals surface area contributed by atoms with E-state index in [1.807, 2.05) is 34.7 Å². The first kappa shape index (κ1) is 17.2. The molecule has 1 atom stereocenters. The molecule has 0 N–H and O–H groups in total. The van der Waals surface area contributed by atoms with E-state index in [4.69, 9.17) is 5.10 Å². The second-order valence-corrected chi connectivity index (χ2v) is 7.82. The fourth-order valence-electron chi connectivity index (χ4n) is 4.70. The molecular formula is C22H25N5O. The number of aryl methyl sites for hydroxylation is 2. The lowest BCUT2D eigenvalue weighted by Crippen LogP contribution is -2.40. The minimum atomic E-state index is 0.0781. The molecule has 6 heteroatoms. The Morgan fingerprint density at radius 1 is 1.07 bits per heavy atom. The van der Waals surface area contributed by atoms with Crippen LogP contribution in [0.1, 0.15) is 23.4 Å². The molecule has 1 aromatic carbocycles. The predicted octanol–water partition coefficient (Wildman–Crippen LogP) is 2.47. The van der Waals surface area contributed by atoms with E-state index in [2.05, 4.69) is 34.3 Å². The summed E-state index contributed by atoms with van der Waals surface area (Å²) in [5.41, 5.74) is 5.99. The van der Waals surface area contributed by atoms with Gasteiger partial charge in [-0.25, -0.2) is 0 Å². The monoisotopic (exact) mass is 375 g/mol. The molecule has 2 aliphatic heterocycles. The summed E-state index contributed by atoms with van der Waals surface area (Å²) in [6, 6.07) is 12.5. The van der Waals surface area contributed by atoms with Crippen LogP contribution in [0.5, 0.6) is 0 Å². The van der Waals surface area contributed by atoms with E-state index >= 15 is 0 Å². The van der Waals surface area contributed by atoms with Gasteiger partial charge < -0.3 is 4.90 Å². The quantitative estimate of drug-likeness (QED) is 0.691. The van der Waals surface area contributed by atoms with Crippen molar-refractivity contribution in [3.8, 4) is 11.3 Å². The fraction of sp³-hybridized carbons (Fsp3) is 0.409. The van der Waals surface area contributed by atoms with Crippen molar-refractivity contribution in [2.45, 2.75) is 32.2 Å². The van der Waals surface area contributed by atoms with E-state index in [0.29, 0.717) is 5.91 Å². The first-order chi connectivity index (χ1) is 13.7. The highest BCUT2D eigenvalue weighted by Crippen LogP contribution is 2.29. The molecule has 2 aromatic heterocycles. The third-order valence-electron chi connectivity index (χ3n) is 6.14. The van der Waals surface area contributed by atoms with E-state index in [9.17, 15) is 4.79 Å². The van der Waals surface area contributed by atoms with Crippen LogP contribution in [0.15, 0.2) is 42.6 Å². The maximum absolute atomic E-state index is 13.2. The molecule has 144 valence electrons. The summed E-state index contributed by atoms with van der Waals surface area (Å²) < 4.78 is 4.03. The lowest BCUT2D eigenvalue weighted by Gasteiger charge is -2.29. The highest BCUT2D eigenvalue weighted by atomic mass is 16.2. The first-order valence-corrected chi connectivity index (χ1v) is 10.1. The Morgan fingerprint density at radius 2 is 1.89 bits per heavy atom. The van der Waals surface area contributed by atoms with Crippen molar-refractivity contribution in [2.75, 3.05) is 13.1 Å². The second kappa shape index (κ2) is 6.93. The SMILES string of the molecule is Cn1nc2c(c1-c1ccccc1)CCN(C(=O)C1CCn3nccc3C1)CC2. The molecule has 0 aliphatic carbocycles. The maximum Gasteiger partial charge on any atom is 0.226 e. The standard InChI is InChI=1S/C22H25N5O/c1-25-21(16-5-3-2-4-6-16)19-9-12-26(13-10-20(19)24-25)22(28)17-8-14-27-18(15-17)7-11-23-27/h2-7,11,17H,8-10,12-15H2,1H3. The molecule has 2 aliphatic rings. The molecule has 0 bridgehead atoms. The van der Waals surface area contributed by atoms with Gasteiger partial charge >= 0.3 is 0 Å². The summed E-state index contributed by atoms with van der Waals surface area (Å²) in [7, 11) is 2.02. The van der Waals surface area contributed by atoms with Gasteiger partial charge in [0.05, 0.1) is 11.4 Å². The van der Waals surface area contributed by atoms with Crippen LogP contribution in [0.3, 0.4) is 0 Å².